The van der Waals surface area contributed by atoms with Gasteiger partial charge in [0.1, 0.15) is 11.9 Å². The summed E-state index contributed by atoms with van der Waals surface area (Å²) in [5.74, 6) is 0.962. The van der Waals surface area contributed by atoms with E-state index < -0.39 is 0 Å². The molecule has 7 nitrogen and oxygen atoms in total. The van der Waals surface area contributed by atoms with Crippen LogP contribution in [0.4, 0.5) is 5.69 Å². The van der Waals surface area contributed by atoms with Gasteiger partial charge >= 0.3 is 6.15 Å². The molecular weight excluding hydrogens is 346 g/mol. The van der Waals surface area contributed by atoms with Crippen LogP contribution in [0.2, 0.25) is 0 Å². The number of amides is 1. The van der Waals surface area contributed by atoms with E-state index in [4.69, 9.17) is 20.1 Å². The van der Waals surface area contributed by atoms with E-state index in [1.165, 1.54) is 0 Å². The number of hydrogen-bond donors (Lipinski definition) is 1. The van der Waals surface area contributed by atoms with Crippen LogP contribution < -0.4 is 10.5 Å². The molecule has 1 saturated heterocycles. The molecule has 3 rings (SSSR count). The smallest absolute Gasteiger partial charge is 0.373 e. The third kappa shape index (κ3) is 5.05. The van der Waals surface area contributed by atoms with Crippen molar-refractivity contribution in [1.82, 2.24) is 9.88 Å². The van der Waals surface area contributed by atoms with Crippen LogP contribution in [0.1, 0.15) is 32.4 Å². The van der Waals surface area contributed by atoms with Crippen molar-refractivity contribution in [1.29, 1.82) is 0 Å². The first-order valence-corrected chi connectivity index (χ1v) is 8.98. The Bertz CT molecular complexity index is 844. The van der Waals surface area contributed by atoms with Crippen molar-refractivity contribution in [3.8, 4) is 5.75 Å². The SMILES string of the molecule is Cc1cc(N)c2c(OC3CCCN(C(=O)C(C)C)C3)cccc2n1.O=C=O. The Labute approximate surface area is 158 Å². The number of aryl methyl sites for hydroxylation is 1. The van der Waals surface area contributed by atoms with Crippen LogP contribution >= 0.6 is 0 Å². The second-order valence-corrected chi connectivity index (χ2v) is 6.91. The molecule has 1 aliphatic heterocycles. The van der Waals surface area contributed by atoms with Gasteiger partial charge in [0.15, 0.2) is 0 Å². The van der Waals surface area contributed by atoms with E-state index in [0.29, 0.717) is 12.2 Å². The lowest BCUT2D eigenvalue weighted by atomic mass is 10.1. The number of ether oxygens (including phenoxy) is 1. The lowest BCUT2D eigenvalue weighted by molar-refractivity contribution is -0.191. The van der Waals surface area contributed by atoms with Gasteiger partial charge in [-0.05, 0) is 38.0 Å². The fourth-order valence-corrected chi connectivity index (χ4v) is 3.30. The normalized spacial score (nSPS) is 16.4. The van der Waals surface area contributed by atoms with Gasteiger partial charge in [0.05, 0.1) is 17.4 Å². The van der Waals surface area contributed by atoms with Gasteiger partial charge in [-0.15, -0.1) is 0 Å². The van der Waals surface area contributed by atoms with Crippen molar-refractivity contribution in [2.75, 3.05) is 18.8 Å². The van der Waals surface area contributed by atoms with Crippen molar-refractivity contribution in [2.24, 2.45) is 5.92 Å². The topological polar surface area (TPSA) is 103 Å². The number of anilines is 1. The number of hydrogen-bond acceptors (Lipinski definition) is 6. The zero-order chi connectivity index (χ0) is 20.0. The van der Waals surface area contributed by atoms with Crippen LogP contribution in [-0.4, -0.2) is 41.1 Å². The van der Waals surface area contributed by atoms with E-state index in [0.717, 1.165) is 41.7 Å². The van der Waals surface area contributed by atoms with Crippen molar-refractivity contribution in [2.45, 2.75) is 39.7 Å². The van der Waals surface area contributed by atoms with E-state index >= 15 is 0 Å². The number of nitrogens with two attached hydrogens (primary N) is 1. The predicted molar refractivity (Wildman–Crippen MR) is 101 cm³/mol. The molecule has 1 atom stereocenters. The zero-order valence-electron chi connectivity index (χ0n) is 15.9. The maximum atomic E-state index is 12.2. The molecular formula is C20H25N3O4. The number of carbonyl (C=O) groups excluding carboxylic acids is 3. The van der Waals surface area contributed by atoms with E-state index in [9.17, 15) is 4.79 Å². The summed E-state index contributed by atoms with van der Waals surface area (Å²) in [5, 5.41) is 0.857. The van der Waals surface area contributed by atoms with Crippen molar-refractivity contribution in [3.63, 3.8) is 0 Å². The van der Waals surface area contributed by atoms with E-state index in [1.807, 2.05) is 49.9 Å². The predicted octanol–water partition coefficient (Wildman–Crippen LogP) is 2.57. The largest absolute Gasteiger partial charge is 0.488 e. The lowest BCUT2D eigenvalue weighted by Crippen LogP contribution is -2.45. The third-order valence-electron chi connectivity index (χ3n) is 4.43. The minimum atomic E-state index is -0.00671. The minimum absolute atomic E-state index is 0.00671. The first-order chi connectivity index (χ1) is 12.9. The van der Waals surface area contributed by atoms with Crippen molar-refractivity contribution < 1.29 is 19.1 Å². The number of aromatic nitrogens is 1. The Kier molecular flexibility index (Phi) is 6.91. The molecule has 0 radical (unpaired) electrons. The molecule has 7 heteroatoms. The van der Waals surface area contributed by atoms with E-state index in [2.05, 4.69) is 4.98 Å². The maximum absolute atomic E-state index is 12.2. The van der Waals surface area contributed by atoms with Gasteiger partial charge in [0, 0.05) is 23.8 Å². The number of benzene rings is 1. The number of nitrogens with zero attached hydrogens (tertiary/aromatic N) is 2. The minimum Gasteiger partial charge on any atom is -0.488 e. The van der Waals surface area contributed by atoms with Crippen LogP contribution in [-0.2, 0) is 14.4 Å². The molecule has 2 N–H and O–H groups in total. The highest BCUT2D eigenvalue weighted by molar-refractivity contribution is 5.95. The van der Waals surface area contributed by atoms with Gasteiger partial charge in [-0.1, -0.05) is 19.9 Å². The number of likely N-dealkylation sites (tertiary alicyclic amines) is 1. The van der Waals surface area contributed by atoms with E-state index in [1.54, 1.807) is 0 Å². The van der Waals surface area contributed by atoms with Gasteiger partial charge in [0.2, 0.25) is 5.91 Å². The average Bonchev–Trinajstić information content (AvgIpc) is 2.61. The summed E-state index contributed by atoms with van der Waals surface area (Å²) in [5.41, 5.74) is 8.61. The summed E-state index contributed by atoms with van der Waals surface area (Å²) in [6, 6.07) is 7.67. The average molecular weight is 371 g/mol. The highest BCUT2D eigenvalue weighted by Crippen LogP contribution is 2.32. The Morgan fingerprint density at radius 2 is 2.07 bits per heavy atom. The number of piperidine rings is 1. The Morgan fingerprint density at radius 3 is 2.74 bits per heavy atom. The molecule has 0 saturated carbocycles. The molecule has 1 fully saturated rings. The summed E-state index contributed by atoms with van der Waals surface area (Å²) < 4.78 is 6.24. The van der Waals surface area contributed by atoms with Crippen LogP contribution in [0.5, 0.6) is 5.75 Å². The third-order valence-corrected chi connectivity index (χ3v) is 4.43. The molecule has 144 valence electrons. The molecule has 27 heavy (non-hydrogen) atoms. The monoisotopic (exact) mass is 371 g/mol. The first-order valence-electron chi connectivity index (χ1n) is 8.98. The number of fused-ring (bicyclic) bond motifs is 1. The zero-order valence-corrected chi connectivity index (χ0v) is 15.9. The number of carbonyl (C=O) groups is 1. The highest BCUT2D eigenvalue weighted by atomic mass is 16.5. The summed E-state index contributed by atoms with van der Waals surface area (Å²) in [6.07, 6.45) is 2.14. The van der Waals surface area contributed by atoms with Gasteiger partial charge in [-0.3, -0.25) is 9.78 Å². The van der Waals surface area contributed by atoms with Crippen LogP contribution in [0.25, 0.3) is 10.9 Å². The van der Waals surface area contributed by atoms with Crippen LogP contribution in [0.15, 0.2) is 24.3 Å². The number of nitrogen functional groups attached to an aromatic ring is 1. The molecule has 0 spiro atoms. The van der Waals surface area contributed by atoms with E-state index in [-0.39, 0.29) is 24.1 Å². The molecule has 0 aliphatic carbocycles. The molecule has 0 bridgehead atoms. The molecule has 1 aromatic heterocycles. The fraction of sp³-hybridized carbons (Fsp3) is 0.450. The molecule has 1 unspecified atom stereocenters. The second-order valence-electron chi connectivity index (χ2n) is 6.91. The summed E-state index contributed by atoms with van der Waals surface area (Å²) in [7, 11) is 0. The van der Waals surface area contributed by atoms with Gasteiger partial charge in [-0.25, -0.2) is 0 Å². The number of rotatable bonds is 3. The van der Waals surface area contributed by atoms with Crippen LogP contribution in [0.3, 0.4) is 0 Å². The second kappa shape index (κ2) is 9.14. The quantitative estimate of drug-likeness (QED) is 0.889. The summed E-state index contributed by atoms with van der Waals surface area (Å²) in [6.45, 7) is 7.25. The molecule has 1 amide bonds. The molecule has 2 aromatic rings. The van der Waals surface area contributed by atoms with Gasteiger partial charge in [-0.2, -0.15) is 9.59 Å². The van der Waals surface area contributed by atoms with Crippen molar-refractivity contribution in [3.05, 3.63) is 30.0 Å². The van der Waals surface area contributed by atoms with Gasteiger partial charge < -0.3 is 15.4 Å². The van der Waals surface area contributed by atoms with Gasteiger partial charge in [0.25, 0.3) is 0 Å². The Balaban J connectivity index is 0.000000817. The molecule has 1 aromatic carbocycles. The molecule has 2 heterocycles. The number of pyridine rings is 1. The Morgan fingerprint density at radius 1 is 1.37 bits per heavy atom. The van der Waals surface area contributed by atoms with Crippen molar-refractivity contribution >= 4 is 28.6 Å². The summed E-state index contributed by atoms with van der Waals surface area (Å²) in [4.78, 5) is 34.9. The summed E-state index contributed by atoms with van der Waals surface area (Å²) >= 11 is 0. The molecule has 1 aliphatic rings. The standard InChI is InChI=1S/C19H25N3O2.CO2/c1-12(2)19(23)22-9-5-6-14(11-22)24-17-8-4-7-16-18(17)15(20)10-13(3)21-16;2-1-3/h4,7-8,10,12,14H,5-6,9,11H2,1-3H3,(H2,20,21);. The first kappa shape index (κ1) is 20.4. The Hall–Kier alpha value is -2.92. The maximum Gasteiger partial charge on any atom is 0.373 e. The fourth-order valence-electron chi connectivity index (χ4n) is 3.30. The highest BCUT2D eigenvalue weighted by Gasteiger charge is 2.26. The van der Waals surface area contributed by atoms with Crippen LogP contribution in [0, 0.1) is 12.8 Å². The lowest BCUT2D eigenvalue weighted by Gasteiger charge is -2.34.